The number of rotatable bonds is 5. The lowest BCUT2D eigenvalue weighted by atomic mass is 10.1. The van der Waals surface area contributed by atoms with Crippen LogP contribution in [0.2, 0.25) is 0 Å². The molecule has 0 fully saturated rings. The number of carbonyl (C=O) groups is 2. The van der Waals surface area contributed by atoms with Gasteiger partial charge in [-0.3, -0.25) is 9.59 Å². The van der Waals surface area contributed by atoms with Gasteiger partial charge in [-0.25, -0.2) is 0 Å². The summed E-state index contributed by atoms with van der Waals surface area (Å²) in [6, 6.07) is 7.06. The normalized spacial score (nSPS) is 11.5. The van der Waals surface area contributed by atoms with E-state index in [1.165, 1.54) is 13.8 Å². The Bertz CT molecular complexity index is 427. The van der Waals surface area contributed by atoms with E-state index in [1.54, 1.807) is 31.4 Å². The molecule has 1 atom stereocenters. The number of carbonyl (C=O) groups excluding carboxylic acids is 2. The van der Waals surface area contributed by atoms with Crippen molar-refractivity contribution < 1.29 is 23.8 Å². The van der Waals surface area contributed by atoms with Crippen LogP contribution < -0.4 is 4.74 Å². The van der Waals surface area contributed by atoms with E-state index in [2.05, 4.69) is 0 Å². The average Bonchev–Trinajstić information content (AvgIpc) is 2.34. The SMILES string of the molecule is COc1cccc([C@@H](COC(C)=O)OC(C)=O)c1. The smallest absolute Gasteiger partial charge is 0.303 e. The third kappa shape index (κ3) is 4.45. The van der Waals surface area contributed by atoms with Gasteiger partial charge in [-0.2, -0.15) is 0 Å². The fourth-order valence-corrected chi connectivity index (χ4v) is 1.43. The molecule has 0 N–H and O–H groups in total. The molecule has 0 heterocycles. The minimum Gasteiger partial charge on any atom is -0.497 e. The van der Waals surface area contributed by atoms with Crippen molar-refractivity contribution >= 4 is 11.9 Å². The predicted molar refractivity (Wildman–Crippen MR) is 64.1 cm³/mol. The Hall–Kier alpha value is -2.04. The molecular weight excluding hydrogens is 236 g/mol. The molecule has 0 aliphatic rings. The highest BCUT2D eigenvalue weighted by atomic mass is 16.6. The van der Waals surface area contributed by atoms with Crippen LogP contribution in [0.4, 0.5) is 0 Å². The lowest BCUT2D eigenvalue weighted by Crippen LogP contribution is -2.16. The van der Waals surface area contributed by atoms with Crippen LogP contribution in [0.1, 0.15) is 25.5 Å². The summed E-state index contributed by atoms with van der Waals surface area (Å²) in [5, 5.41) is 0. The van der Waals surface area contributed by atoms with Crippen molar-refractivity contribution in [1.82, 2.24) is 0 Å². The Morgan fingerprint density at radius 3 is 2.50 bits per heavy atom. The predicted octanol–water partition coefficient (Wildman–Crippen LogP) is 1.86. The molecule has 0 saturated carbocycles. The van der Waals surface area contributed by atoms with Crippen molar-refractivity contribution in [3.63, 3.8) is 0 Å². The van der Waals surface area contributed by atoms with Gasteiger partial charge < -0.3 is 14.2 Å². The fraction of sp³-hybridized carbons (Fsp3) is 0.385. The summed E-state index contributed by atoms with van der Waals surface area (Å²) < 4.78 is 15.1. The van der Waals surface area contributed by atoms with Crippen LogP contribution in [0, 0.1) is 0 Å². The topological polar surface area (TPSA) is 61.8 Å². The Morgan fingerprint density at radius 1 is 1.22 bits per heavy atom. The number of hydrogen-bond acceptors (Lipinski definition) is 5. The standard InChI is InChI=1S/C13H16O5/c1-9(14)17-8-13(18-10(2)15)11-5-4-6-12(7-11)16-3/h4-7,13H,8H2,1-3H3/t13-/m1/s1. The molecule has 0 bridgehead atoms. The lowest BCUT2D eigenvalue weighted by molar-refractivity contribution is -0.156. The van der Waals surface area contributed by atoms with Gasteiger partial charge in [-0.15, -0.1) is 0 Å². The monoisotopic (exact) mass is 252 g/mol. The molecule has 5 heteroatoms. The second-order valence-electron chi connectivity index (χ2n) is 3.68. The average molecular weight is 252 g/mol. The molecule has 0 spiro atoms. The molecule has 5 nitrogen and oxygen atoms in total. The molecule has 0 unspecified atom stereocenters. The highest BCUT2D eigenvalue weighted by Gasteiger charge is 2.17. The van der Waals surface area contributed by atoms with E-state index in [0.717, 1.165) is 0 Å². The van der Waals surface area contributed by atoms with Gasteiger partial charge in [0.15, 0.2) is 6.10 Å². The van der Waals surface area contributed by atoms with Crippen molar-refractivity contribution in [2.24, 2.45) is 0 Å². The highest BCUT2D eigenvalue weighted by Crippen LogP contribution is 2.22. The second-order valence-corrected chi connectivity index (χ2v) is 3.68. The van der Waals surface area contributed by atoms with Crippen LogP contribution in [0.25, 0.3) is 0 Å². The van der Waals surface area contributed by atoms with Gasteiger partial charge in [0.25, 0.3) is 0 Å². The molecular formula is C13H16O5. The summed E-state index contributed by atoms with van der Waals surface area (Å²) in [5.74, 6) is -0.211. The first-order chi connectivity index (χ1) is 8.52. The van der Waals surface area contributed by atoms with Crippen LogP contribution in [0.15, 0.2) is 24.3 Å². The molecule has 0 aliphatic carbocycles. The molecule has 1 aromatic carbocycles. The maximum atomic E-state index is 11.0. The largest absolute Gasteiger partial charge is 0.497 e. The Morgan fingerprint density at radius 2 is 1.94 bits per heavy atom. The molecule has 0 aromatic heterocycles. The van der Waals surface area contributed by atoms with E-state index >= 15 is 0 Å². The van der Waals surface area contributed by atoms with Gasteiger partial charge in [0.1, 0.15) is 12.4 Å². The summed E-state index contributed by atoms with van der Waals surface area (Å²) in [6.07, 6.45) is -0.624. The van der Waals surface area contributed by atoms with Gasteiger partial charge in [-0.1, -0.05) is 12.1 Å². The summed E-state index contributed by atoms with van der Waals surface area (Å²) in [5.41, 5.74) is 0.714. The minimum atomic E-state index is -0.624. The van der Waals surface area contributed by atoms with Gasteiger partial charge >= 0.3 is 11.9 Å². The number of methoxy groups -OCH3 is 1. The lowest BCUT2D eigenvalue weighted by Gasteiger charge is -2.17. The zero-order valence-electron chi connectivity index (χ0n) is 10.6. The molecule has 98 valence electrons. The zero-order valence-corrected chi connectivity index (χ0v) is 10.6. The van der Waals surface area contributed by atoms with E-state index < -0.39 is 18.0 Å². The summed E-state index contributed by atoms with van der Waals surface area (Å²) in [7, 11) is 1.55. The van der Waals surface area contributed by atoms with E-state index in [0.29, 0.717) is 11.3 Å². The van der Waals surface area contributed by atoms with Gasteiger partial charge in [0.05, 0.1) is 7.11 Å². The van der Waals surface area contributed by atoms with Gasteiger partial charge in [0, 0.05) is 13.8 Å². The first-order valence-electron chi connectivity index (χ1n) is 5.47. The Kier molecular flexibility index (Phi) is 5.17. The van der Waals surface area contributed by atoms with Gasteiger partial charge in [0.2, 0.25) is 0 Å². The van der Waals surface area contributed by atoms with E-state index in [-0.39, 0.29) is 6.61 Å². The zero-order chi connectivity index (χ0) is 13.5. The molecule has 1 rings (SSSR count). The Balaban J connectivity index is 2.85. The maximum Gasteiger partial charge on any atom is 0.303 e. The number of esters is 2. The van der Waals surface area contributed by atoms with E-state index in [4.69, 9.17) is 14.2 Å². The Labute approximate surface area is 106 Å². The van der Waals surface area contributed by atoms with Crippen molar-refractivity contribution in [3.05, 3.63) is 29.8 Å². The molecule has 18 heavy (non-hydrogen) atoms. The number of benzene rings is 1. The summed E-state index contributed by atoms with van der Waals surface area (Å²) in [6.45, 7) is 2.60. The second kappa shape index (κ2) is 6.64. The van der Waals surface area contributed by atoms with Crippen LogP contribution in [-0.4, -0.2) is 25.7 Å². The molecule has 0 radical (unpaired) electrons. The molecule has 1 aromatic rings. The summed E-state index contributed by atoms with van der Waals surface area (Å²) in [4.78, 5) is 21.8. The number of ether oxygens (including phenoxy) is 3. The third-order valence-corrected chi connectivity index (χ3v) is 2.21. The quantitative estimate of drug-likeness (QED) is 0.748. The van der Waals surface area contributed by atoms with Gasteiger partial charge in [-0.05, 0) is 17.7 Å². The minimum absolute atomic E-state index is 0.0118. The third-order valence-electron chi connectivity index (χ3n) is 2.21. The highest BCUT2D eigenvalue weighted by molar-refractivity contribution is 5.67. The first kappa shape index (κ1) is 14.0. The van der Waals surface area contributed by atoms with Crippen molar-refractivity contribution in [2.75, 3.05) is 13.7 Å². The summed E-state index contributed by atoms with van der Waals surface area (Å²) >= 11 is 0. The van der Waals surface area contributed by atoms with Crippen LogP contribution in [-0.2, 0) is 19.1 Å². The van der Waals surface area contributed by atoms with Crippen molar-refractivity contribution in [3.8, 4) is 5.75 Å². The van der Waals surface area contributed by atoms with E-state index in [9.17, 15) is 9.59 Å². The maximum absolute atomic E-state index is 11.0. The van der Waals surface area contributed by atoms with Crippen LogP contribution in [0.5, 0.6) is 5.75 Å². The van der Waals surface area contributed by atoms with E-state index in [1.807, 2.05) is 0 Å². The molecule has 0 aliphatic heterocycles. The first-order valence-corrected chi connectivity index (χ1v) is 5.47. The van der Waals surface area contributed by atoms with Crippen molar-refractivity contribution in [2.45, 2.75) is 20.0 Å². The molecule has 0 amide bonds. The fourth-order valence-electron chi connectivity index (χ4n) is 1.43. The van der Waals surface area contributed by atoms with Crippen LogP contribution in [0.3, 0.4) is 0 Å². The van der Waals surface area contributed by atoms with Crippen molar-refractivity contribution in [1.29, 1.82) is 0 Å². The number of hydrogen-bond donors (Lipinski definition) is 0. The van der Waals surface area contributed by atoms with Crippen LogP contribution >= 0.6 is 0 Å². The molecule has 0 saturated heterocycles.